The highest BCUT2D eigenvalue weighted by Crippen LogP contribution is 2.13. The zero-order valence-corrected chi connectivity index (χ0v) is 14.0. The van der Waals surface area contributed by atoms with Gasteiger partial charge >= 0.3 is 5.97 Å². The molecule has 0 spiro atoms. The molecule has 0 aliphatic carbocycles. The first-order valence-corrected chi connectivity index (χ1v) is 7.82. The van der Waals surface area contributed by atoms with E-state index in [0.29, 0.717) is 6.61 Å². The monoisotopic (exact) mass is 311 g/mol. The van der Waals surface area contributed by atoms with Crippen molar-refractivity contribution in [2.75, 3.05) is 13.2 Å². The van der Waals surface area contributed by atoms with Crippen LogP contribution in [-0.2, 0) is 19.1 Å². The Kier molecular flexibility index (Phi) is 11.1. The minimum absolute atomic E-state index is 0.0829. The van der Waals surface area contributed by atoms with Gasteiger partial charge in [0, 0.05) is 6.92 Å². The normalized spacial score (nSPS) is 13.0. The Morgan fingerprint density at radius 2 is 1.95 bits per heavy atom. The van der Waals surface area contributed by atoms with Gasteiger partial charge in [0.15, 0.2) is 0 Å². The van der Waals surface area contributed by atoms with Crippen LogP contribution in [-0.4, -0.2) is 37.2 Å². The standard InChI is InChI=1S/C17H29NO4/c1-6-9-10-11-16(15(7-2)18-14(5)19)22-12-13(4)17(20)21-8-3/h7,15-16H,2,4,6,8-12H2,1,3,5H3,(H,18,19)/t15-,16+/m0/s1. The summed E-state index contributed by atoms with van der Waals surface area (Å²) in [6, 6.07) is -0.288. The Morgan fingerprint density at radius 3 is 2.45 bits per heavy atom. The molecule has 0 rings (SSSR count). The fourth-order valence-corrected chi connectivity index (χ4v) is 2.00. The minimum Gasteiger partial charge on any atom is -0.463 e. The maximum absolute atomic E-state index is 11.5. The number of ether oxygens (including phenoxy) is 2. The topological polar surface area (TPSA) is 64.6 Å². The van der Waals surface area contributed by atoms with Crippen LogP contribution in [0.3, 0.4) is 0 Å². The molecule has 0 aromatic rings. The number of carbonyl (C=O) groups is 2. The lowest BCUT2D eigenvalue weighted by Gasteiger charge is -2.25. The molecule has 0 aliphatic heterocycles. The molecule has 0 bridgehead atoms. The van der Waals surface area contributed by atoms with Crippen LogP contribution in [0.2, 0.25) is 0 Å². The molecule has 1 N–H and O–H groups in total. The molecule has 0 aromatic carbocycles. The number of nitrogens with one attached hydrogen (secondary N) is 1. The number of rotatable bonds is 12. The largest absolute Gasteiger partial charge is 0.463 e. The molecule has 0 unspecified atom stereocenters. The van der Waals surface area contributed by atoms with Gasteiger partial charge in [-0.25, -0.2) is 4.79 Å². The van der Waals surface area contributed by atoms with Crippen LogP contribution in [0.1, 0.15) is 46.5 Å². The highest BCUT2D eigenvalue weighted by atomic mass is 16.5. The number of esters is 1. The van der Waals surface area contributed by atoms with E-state index in [1.807, 2.05) is 0 Å². The Labute approximate surface area is 133 Å². The molecule has 5 heteroatoms. The van der Waals surface area contributed by atoms with Gasteiger partial charge in [0.25, 0.3) is 0 Å². The van der Waals surface area contributed by atoms with Crippen LogP contribution in [0.5, 0.6) is 0 Å². The fourth-order valence-electron chi connectivity index (χ4n) is 2.00. The third-order valence-electron chi connectivity index (χ3n) is 3.15. The van der Waals surface area contributed by atoms with Crippen molar-refractivity contribution in [3.8, 4) is 0 Å². The average Bonchev–Trinajstić information content (AvgIpc) is 2.48. The van der Waals surface area contributed by atoms with Crippen molar-refractivity contribution in [1.29, 1.82) is 0 Å². The van der Waals surface area contributed by atoms with Crippen molar-refractivity contribution in [3.63, 3.8) is 0 Å². The van der Waals surface area contributed by atoms with Crippen molar-refractivity contribution in [3.05, 3.63) is 24.8 Å². The third kappa shape index (κ3) is 8.62. The first kappa shape index (κ1) is 20.4. The Hall–Kier alpha value is -1.62. The summed E-state index contributed by atoms with van der Waals surface area (Å²) in [4.78, 5) is 22.8. The summed E-state index contributed by atoms with van der Waals surface area (Å²) in [7, 11) is 0. The summed E-state index contributed by atoms with van der Waals surface area (Å²) in [6.45, 7) is 13.1. The number of unbranched alkanes of at least 4 members (excludes halogenated alkanes) is 2. The number of carbonyl (C=O) groups excluding carboxylic acids is 2. The molecule has 0 aliphatic rings. The van der Waals surface area contributed by atoms with Gasteiger partial charge in [0.05, 0.1) is 30.9 Å². The second-order valence-corrected chi connectivity index (χ2v) is 5.13. The molecule has 0 aromatic heterocycles. The zero-order valence-electron chi connectivity index (χ0n) is 14.0. The van der Waals surface area contributed by atoms with E-state index in [1.165, 1.54) is 6.92 Å². The predicted molar refractivity (Wildman–Crippen MR) is 87.5 cm³/mol. The van der Waals surface area contributed by atoms with Crippen LogP contribution in [0, 0.1) is 0 Å². The molecule has 0 saturated carbocycles. The van der Waals surface area contributed by atoms with E-state index in [2.05, 4.69) is 25.4 Å². The first-order valence-electron chi connectivity index (χ1n) is 7.82. The van der Waals surface area contributed by atoms with Crippen LogP contribution < -0.4 is 5.32 Å². The van der Waals surface area contributed by atoms with E-state index in [-0.39, 0.29) is 30.2 Å². The van der Waals surface area contributed by atoms with Gasteiger partial charge in [-0.3, -0.25) is 4.79 Å². The predicted octanol–water partition coefficient (Wildman–Crippen LogP) is 2.76. The molecule has 2 atom stereocenters. The molecule has 126 valence electrons. The van der Waals surface area contributed by atoms with Gasteiger partial charge in [0.1, 0.15) is 0 Å². The molecular formula is C17H29NO4. The van der Waals surface area contributed by atoms with E-state index in [4.69, 9.17) is 9.47 Å². The Bertz CT molecular complexity index is 379. The van der Waals surface area contributed by atoms with E-state index in [0.717, 1.165) is 25.7 Å². The highest BCUT2D eigenvalue weighted by Gasteiger charge is 2.21. The van der Waals surface area contributed by atoms with Gasteiger partial charge in [-0.2, -0.15) is 0 Å². The van der Waals surface area contributed by atoms with Gasteiger partial charge in [-0.15, -0.1) is 6.58 Å². The van der Waals surface area contributed by atoms with E-state index in [1.54, 1.807) is 13.0 Å². The molecule has 1 amide bonds. The second kappa shape index (κ2) is 12.0. The summed E-state index contributed by atoms with van der Waals surface area (Å²) in [6.07, 6.45) is 5.37. The first-order chi connectivity index (χ1) is 10.5. The molecule has 5 nitrogen and oxygen atoms in total. The lowest BCUT2D eigenvalue weighted by molar-refractivity contribution is -0.139. The zero-order chi connectivity index (χ0) is 17.0. The number of hydrogen-bond acceptors (Lipinski definition) is 4. The van der Waals surface area contributed by atoms with Crippen LogP contribution in [0.15, 0.2) is 24.8 Å². The SMILES string of the molecule is C=C[C@H](NC(C)=O)[C@@H](CCCCC)OCC(=C)C(=O)OCC. The van der Waals surface area contributed by atoms with Gasteiger partial charge in [0.2, 0.25) is 5.91 Å². The lowest BCUT2D eigenvalue weighted by atomic mass is 10.0. The van der Waals surface area contributed by atoms with E-state index < -0.39 is 5.97 Å². The van der Waals surface area contributed by atoms with Gasteiger partial charge < -0.3 is 14.8 Å². The second-order valence-electron chi connectivity index (χ2n) is 5.13. The van der Waals surface area contributed by atoms with E-state index >= 15 is 0 Å². The summed E-state index contributed by atoms with van der Waals surface area (Å²) in [5.74, 6) is -0.595. The van der Waals surface area contributed by atoms with Crippen LogP contribution in [0.4, 0.5) is 0 Å². The maximum Gasteiger partial charge on any atom is 0.335 e. The number of amides is 1. The minimum atomic E-state index is -0.454. The quantitative estimate of drug-likeness (QED) is 0.260. The van der Waals surface area contributed by atoms with Crippen LogP contribution >= 0.6 is 0 Å². The molecule has 22 heavy (non-hydrogen) atoms. The molecule has 0 fully saturated rings. The molecule has 0 radical (unpaired) electrons. The summed E-state index contributed by atoms with van der Waals surface area (Å²) < 4.78 is 10.7. The maximum atomic E-state index is 11.5. The van der Waals surface area contributed by atoms with Crippen molar-refractivity contribution in [2.24, 2.45) is 0 Å². The lowest BCUT2D eigenvalue weighted by Crippen LogP contribution is -2.42. The van der Waals surface area contributed by atoms with Crippen molar-refractivity contribution < 1.29 is 19.1 Å². The van der Waals surface area contributed by atoms with Gasteiger partial charge in [-0.05, 0) is 13.3 Å². The third-order valence-corrected chi connectivity index (χ3v) is 3.15. The summed E-state index contributed by atoms with van der Waals surface area (Å²) in [5, 5.41) is 2.81. The van der Waals surface area contributed by atoms with Crippen molar-refractivity contribution in [2.45, 2.75) is 58.6 Å². The molecule has 0 heterocycles. The van der Waals surface area contributed by atoms with Crippen LogP contribution in [0.25, 0.3) is 0 Å². The number of hydrogen-bond donors (Lipinski definition) is 1. The summed E-state index contributed by atoms with van der Waals surface area (Å²) in [5.41, 5.74) is 0.271. The molecular weight excluding hydrogens is 282 g/mol. The van der Waals surface area contributed by atoms with Crippen molar-refractivity contribution >= 4 is 11.9 Å². The van der Waals surface area contributed by atoms with Gasteiger partial charge in [-0.1, -0.05) is 38.8 Å². The average molecular weight is 311 g/mol. The van der Waals surface area contributed by atoms with Crippen molar-refractivity contribution in [1.82, 2.24) is 5.32 Å². The fraction of sp³-hybridized carbons (Fsp3) is 0.647. The Balaban J connectivity index is 4.62. The van der Waals surface area contributed by atoms with E-state index in [9.17, 15) is 9.59 Å². The highest BCUT2D eigenvalue weighted by molar-refractivity contribution is 5.87. The summed E-state index contributed by atoms with van der Waals surface area (Å²) >= 11 is 0. The molecule has 0 saturated heterocycles. The smallest absolute Gasteiger partial charge is 0.335 e. The Morgan fingerprint density at radius 1 is 1.27 bits per heavy atom.